The predicted octanol–water partition coefficient (Wildman–Crippen LogP) is 1.96. The zero-order valence-electron chi connectivity index (χ0n) is 14.7. The molecule has 0 N–H and O–H groups in total. The summed E-state index contributed by atoms with van der Waals surface area (Å²) in [5, 5.41) is 19.6. The highest BCUT2D eigenvalue weighted by Crippen LogP contribution is 2.37. The van der Waals surface area contributed by atoms with Crippen LogP contribution in [-0.4, -0.2) is 62.4 Å². The highest BCUT2D eigenvalue weighted by atomic mass is 32.2. The maximum atomic E-state index is 12.5. The van der Waals surface area contributed by atoms with Gasteiger partial charge < -0.3 is 14.4 Å². The van der Waals surface area contributed by atoms with Gasteiger partial charge in [0.15, 0.2) is 5.16 Å². The van der Waals surface area contributed by atoms with Gasteiger partial charge >= 0.3 is 0 Å². The Hall–Kier alpha value is -2.62. The lowest BCUT2D eigenvalue weighted by molar-refractivity contribution is -0.384. The van der Waals surface area contributed by atoms with Crippen LogP contribution in [0, 0.1) is 10.1 Å². The van der Waals surface area contributed by atoms with Crippen molar-refractivity contribution in [2.45, 2.75) is 24.0 Å². The van der Waals surface area contributed by atoms with Crippen LogP contribution in [0.5, 0.6) is 0 Å². The summed E-state index contributed by atoms with van der Waals surface area (Å²) in [5.74, 6) is 0.469. The number of piperazine rings is 1. The monoisotopic (exact) mass is 388 g/mol. The third-order valence-electron chi connectivity index (χ3n) is 4.86. The topological polar surface area (TPSA) is 97.4 Å². The lowest BCUT2D eigenvalue weighted by Gasteiger charge is -2.36. The van der Waals surface area contributed by atoms with E-state index in [1.54, 1.807) is 18.5 Å². The summed E-state index contributed by atoms with van der Waals surface area (Å²) in [7, 11) is 0. The zero-order chi connectivity index (χ0) is 18.8. The molecule has 2 aliphatic rings. The number of carbonyl (C=O) groups excluding carboxylic acids is 1. The first-order valence-electron chi connectivity index (χ1n) is 8.91. The van der Waals surface area contributed by atoms with Crippen LogP contribution >= 0.6 is 11.8 Å². The van der Waals surface area contributed by atoms with E-state index in [2.05, 4.69) is 19.7 Å². The van der Waals surface area contributed by atoms with Crippen LogP contribution in [0.3, 0.4) is 0 Å². The van der Waals surface area contributed by atoms with E-state index >= 15 is 0 Å². The van der Waals surface area contributed by atoms with Crippen LogP contribution < -0.4 is 4.90 Å². The van der Waals surface area contributed by atoms with Gasteiger partial charge in [-0.05, 0) is 25.0 Å². The van der Waals surface area contributed by atoms with Gasteiger partial charge in [0.1, 0.15) is 6.33 Å². The molecule has 1 amide bonds. The van der Waals surface area contributed by atoms with Crippen molar-refractivity contribution in [3.63, 3.8) is 0 Å². The molecular weight excluding hydrogens is 368 g/mol. The molecule has 2 aromatic rings. The molecule has 0 unspecified atom stereocenters. The fourth-order valence-corrected chi connectivity index (χ4v) is 4.04. The summed E-state index contributed by atoms with van der Waals surface area (Å²) in [6.45, 7) is 2.72. The number of aromatic nitrogens is 3. The standard InChI is InChI=1S/C17H20N6O3S/c24-16(11-27-17-19-18-12-22(17)14-3-4-14)21-9-7-20(8-10-21)13-1-5-15(6-2-13)23(25)26/h1-2,5-6,12,14H,3-4,7-11H2. The molecule has 1 saturated heterocycles. The summed E-state index contributed by atoms with van der Waals surface area (Å²) in [5.41, 5.74) is 1.03. The number of nitrogens with zero attached hydrogens (tertiary/aromatic N) is 6. The van der Waals surface area contributed by atoms with E-state index in [-0.39, 0.29) is 11.6 Å². The number of thioether (sulfide) groups is 1. The second kappa shape index (κ2) is 7.55. The Balaban J connectivity index is 1.27. The SMILES string of the molecule is O=C(CSc1nncn1C1CC1)N1CCN(c2ccc([N+](=O)[O-])cc2)CC1. The van der Waals surface area contributed by atoms with E-state index in [0.717, 1.165) is 23.7 Å². The molecule has 4 rings (SSSR count). The number of benzene rings is 1. The molecule has 142 valence electrons. The number of nitro benzene ring substituents is 1. The van der Waals surface area contributed by atoms with Crippen LogP contribution in [-0.2, 0) is 4.79 Å². The molecule has 0 atom stereocenters. The highest BCUT2D eigenvalue weighted by Gasteiger charge is 2.27. The minimum atomic E-state index is -0.401. The first kappa shape index (κ1) is 17.8. The van der Waals surface area contributed by atoms with Crippen LogP contribution in [0.1, 0.15) is 18.9 Å². The van der Waals surface area contributed by atoms with Crippen molar-refractivity contribution in [1.82, 2.24) is 19.7 Å². The first-order chi connectivity index (χ1) is 13.1. The number of rotatable bonds is 6. The number of hydrogen-bond acceptors (Lipinski definition) is 7. The van der Waals surface area contributed by atoms with E-state index in [9.17, 15) is 14.9 Å². The van der Waals surface area contributed by atoms with Gasteiger partial charge in [0.2, 0.25) is 5.91 Å². The van der Waals surface area contributed by atoms with Gasteiger partial charge in [-0.3, -0.25) is 14.9 Å². The minimum absolute atomic E-state index is 0.0867. The van der Waals surface area contributed by atoms with Crippen molar-refractivity contribution >= 4 is 29.0 Å². The molecule has 10 heteroatoms. The number of carbonyl (C=O) groups is 1. The van der Waals surface area contributed by atoms with Crippen molar-refractivity contribution in [3.05, 3.63) is 40.7 Å². The molecule has 1 aliphatic heterocycles. The van der Waals surface area contributed by atoms with Crippen LogP contribution in [0.4, 0.5) is 11.4 Å². The summed E-state index contributed by atoms with van der Waals surface area (Å²) in [6, 6.07) is 7.05. The molecule has 1 saturated carbocycles. The Morgan fingerprint density at radius 3 is 2.52 bits per heavy atom. The molecule has 2 heterocycles. The molecular formula is C17H20N6O3S. The number of nitro groups is 1. The van der Waals surface area contributed by atoms with E-state index in [1.807, 2.05) is 4.90 Å². The molecule has 1 aromatic carbocycles. The average molecular weight is 388 g/mol. The van der Waals surface area contributed by atoms with Crippen molar-refractivity contribution in [2.24, 2.45) is 0 Å². The van der Waals surface area contributed by atoms with Crippen LogP contribution in [0.2, 0.25) is 0 Å². The molecule has 0 bridgehead atoms. The minimum Gasteiger partial charge on any atom is -0.368 e. The largest absolute Gasteiger partial charge is 0.368 e. The van der Waals surface area contributed by atoms with Crippen molar-refractivity contribution < 1.29 is 9.72 Å². The second-order valence-electron chi connectivity index (χ2n) is 6.68. The van der Waals surface area contributed by atoms with Crippen molar-refractivity contribution in [1.29, 1.82) is 0 Å². The summed E-state index contributed by atoms with van der Waals surface area (Å²) >= 11 is 1.45. The van der Waals surface area contributed by atoms with E-state index in [0.29, 0.717) is 38.0 Å². The summed E-state index contributed by atoms with van der Waals surface area (Å²) in [6.07, 6.45) is 4.06. The number of non-ortho nitro benzene ring substituents is 1. The Bertz CT molecular complexity index is 827. The molecule has 0 radical (unpaired) electrons. The Labute approximate surface area is 160 Å². The van der Waals surface area contributed by atoms with Gasteiger partial charge in [-0.1, -0.05) is 11.8 Å². The van der Waals surface area contributed by atoms with Crippen molar-refractivity contribution in [2.75, 3.05) is 36.8 Å². The predicted molar refractivity (Wildman–Crippen MR) is 101 cm³/mol. The Morgan fingerprint density at radius 2 is 1.89 bits per heavy atom. The second-order valence-corrected chi connectivity index (χ2v) is 7.62. The van der Waals surface area contributed by atoms with E-state index < -0.39 is 4.92 Å². The molecule has 0 spiro atoms. The average Bonchev–Trinajstić information content (AvgIpc) is 3.44. The van der Waals surface area contributed by atoms with Gasteiger partial charge in [0.25, 0.3) is 5.69 Å². The van der Waals surface area contributed by atoms with Gasteiger partial charge in [0, 0.05) is 50.0 Å². The molecule has 27 heavy (non-hydrogen) atoms. The zero-order valence-corrected chi connectivity index (χ0v) is 15.5. The first-order valence-corrected chi connectivity index (χ1v) is 9.90. The van der Waals surface area contributed by atoms with Gasteiger partial charge in [-0.2, -0.15) is 0 Å². The summed E-state index contributed by atoms with van der Waals surface area (Å²) in [4.78, 5) is 26.9. The number of hydrogen-bond donors (Lipinski definition) is 0. The molecule has 1 aromatic heterocycles. The maximum Gasteiger partial charge on any atom is 0.269 e. The van der Waals surface area contributed by atoms with Gasteiger partial charge in [0.05, 0.1) is 10.7 Å². The Kier molecular flexibility index (Phi) is 4.97. The van der Waals surface area contributed by atoms with Gasteiger partial charge in [-0.25, -0.2) is 0 Å². The fraction of sp³-hybridized carbons (Fsp3) is 0.471. The quantitative estimate of drug-likeness (QED) is 0.424. The maximum absolute atomic E-state index is 12.5. The molecule has 2 fully saturated rings. The molecule has 9 nitrogen and oxygen atoms in total. The smallest absolute Gasteiger partial charge is 0.269 e. The van der Waals surface area contributed by atoms with Crippen LogP contribution in [0.15, 0.2) is 35.7 Å². The molecule has 1 aliphatic carbocycles. The number of anilines is 1. The van der Waals surface area contributed by atoms with Crippen LogP contribution in [0.25, 0.3) is 0 Å². The fourth-order valence-electron chi connectivity index (χ4n) is 3.16. The van der Waals surface area contributed by atoms with Gasteiger partial charge in [-0.15, -0.1) is 10.2 Å². The summed E-state index contributed by atoms with van der Waals surface area (Å²) < 4.78 is 2.06. The normalized spacial score (nSPS) is 17.2. The third kappa shape index (κ3) is 4.05. The van der Waals surface area contributed by atoms with E-state index in [4.69, 9.17) is 0 Å². The lowest BCUT2D eigenvalue weighted by atomic mass is 10.2. The number of amides is 1. The Morgan fingerprint density at radius 1 is 1.19 bits per heavy atom. The third-order valence-corrected chi connectivity index (χ3v) is 5.81. The lowest BCUT2D eigenvalue weighted by Crippen LogP contribution is -2.49. The van der Waals surface area contributed by atoms with Crippen molar-refractivity contribution in [3.8, 4) is 0 Å². The van der Waals surface area contributed by atoms with E-state index in [1.165, 1.54) is 23.9 Å². The highest BCUT2D eigenvalue weighted by molar-refractivity contribution is 7.99.